The standard InChI is InChI=1S/C10H19F4NO2/c1-7(2)15-4-8(5-16-3)17-6-10(13,14)9(11)12/h7-9,15H,4-6H2,1-3H3. The van der Waals surface area contributed by atoms with Gasteiger partial charge in [0.2, 0.25) is 0 Å². The summed E-state index contributed by atoms with van der Waals surface area (Å²) in [5.41, 5.74) is 0. The van der Waals surface area contributed by atoms with E-state index in [-0.39, 0.29) is 19.2 Å². The molecule has 7 heteroatoms. The van der Waals surface area contributed by atoms with Crippen molar-refractivity contribution in [1.82, 2.24) is 5.32 Å². The number of methoxy groups -OCH3 is 1. The van der Waals surface area contributed by atoms with Gasteiger partial charge in [-0.3, -0.25) is 0 Å². The molecular formula is C10H19F4NO2. The molecule has 0 fully saturated rings. The van der Waals surface area contributed by atoms with Gasteiger partial charge in [-0.05, 0) is 0 Å². The van der Waals surface area contributed by atoms with Crippen molar-refractivity contribution < 1.29 is 27.0 Å². The minimum atomic E-state index is -4.12. The average Bonchev–Trinajstić information content (AvgIpc) is 2.21. The minimum Gasteiger partial charge on any atom is -0.382 e. The van der Waals surface area contributed by atoms with Crippen molar-refractivity contribution in [3.05, 3.63) is 0 Å². The Balaban J connectivity index is 4.07. The summed E-state index contributed by atoms with van der Waals surface area (Å²) in [5, 5.41) is 2.96. The van der Waals surface area contributed by atoms with Gasteiger partial charge in [-0.15, -0.1) is 0 Å². The largest absolute Gasteiger partial charge is 0.382 e. The van der Waals surface area contributed by atoms with E-state index in [0.29, 0.717) is 0 Å². The summed E-state index contributed by atoms with van der Waals surface area (Å²) in [6.07, 6.45) is -4.39. The zero-order valence-electron chi connectivity index (χ0n) is 10.2. The summed E-state index contributed by atoms with van der Waals surface area (Å²) in [6, 6.07) is 0.147. The first kappa shape index (κ1) is 16.6. The number of hydrogen-bond acceptors (Lipinski definition) is 3. The van der Waals surface area contributed by atoms with Crippen LogP contribution < -0.4 is 5.32 Å². The van der Waals surface area contributed by atoms with Crippen molar-refractivity contribution in [2.45, 2.75) is 38.3 Å². The smallest absolute Gasteiger partial charge is 0.330 e. The minimum absolute atomic E-state index is 0.0685. The molecule has 1 N–H and O–H groups in total. The van der Waals surface area contributed by atoms with Gasteiger partial charge in [0.05, 0.1) is 12.7 Å². The second kappa shape index (κ2) is 7.84. The highest BCUT2D eigenvalue weighted by molar-refractivity contribution is 4.71. The number of halogens is 4. The number of ether oxygens (including phenoxy) is 2. The van der Waals surface area contributed by atoms with Crippen molar-refractivity contribution in [2.24, 2.45) is 0 Å². The average molecular weight is 261 g/mol. The van der Waals surface area contributed by atoms with Crippen LogP contribution in [-0.2, 0) is 9.47 Å². The highest BCUT2D eigenvalue weighted by Gasteiger charge is 2.41. The number of hydrogen-bond donors (Lipinski definition) is 1. The molecule has 0 rings (SSSR count). The fourth-order valence-corrected chi connectivity index (χ4v) is 1.01. The number of alkyl halides is 4. The molecule has 104 valence electrons. The summed E-state index contributed by atoms with van der Waals surface area (Å²) in [6.45, 7) is 2.78. The molecule has 1 atom stereocenters. The van der Waals surface area contributed by atoms with Crippen LogP contribution in [-0.4, -0.2) is 51.4 Å². The van der Waals surface area contributed by atoms with Crippen LogP contribution in [0, 0.1) is 0 Å². The van der Waals surface area contributed by atoms with E-state index in [1.54, 1.807) is 0 Å². The fourth-order valence-electron chi connectivity index (χ4n) is 1.01. The third kappa shape index (κ3) is 7.51. The first-order chi connectivity index (χ1) is 7.79. The van der Waals surface area contributed by atoms with Crippen LogP contribution in [0.15, 0.2) is 0 Å². The van der Waals surface area contributed by atoms with Crippen molar-refractivity contribution in [3.8, 4) is 0 Å². The third-order valence-corrected chi connectivity index (χ3v) is 1.94. The van der Waals surface area contributed by atoms with Crippen LogP contribution in [0.2, 0.25) is 0 Å². The Morgan fingerprint density at radius 1 is 1.24 bits per heavy atom. The highest BCUT2D eigenvalue weighted by Crippen LogP contribution is 2.23. The lowest BCUT2D eigenvalue weighted by Crippen LogP contribution is -2.40. The van der Waals surface area contributed by atoms with E-state index in [1.807, 2.05) is 13.8 Å². The summed E-state index contributed by atoms with van der Waals surface area (Å²) in [4.78, 5) is 0. The second-order valence-electron chi connectivity index (χ2n) is 4.01. The van der Waals surface area contributed by atoms with Gasteiger partial charge in [-0.2, -0.15) is 8.78 Å². The van der Waals surface area contributed by atoms with Crippen LogP contribution in [0.1, 0.15) is 13.8 Å². The van der Waals surface area contributed by atoms with Gasteiger partial charge in [-0.1, -0.05) is 13.8 Å². The molecule has 0 aromatic carbocycles. The third-order valence-electron chi connectivity index (χ3n) is 1.94. The van der Waals surface area contributed by atoms with Crippen LogP contribution >= 0.6 is 0 Å². The van der Waals surface area contributed by atoms with Gasteiger partial charge in [0, 0.05) is 19.7 Å². The van der Waals surface area contributed by atoms with Crippen LogP contribution in [0.5, 0.6) is 0 Å². The van der Waals surface area contributed by atoms with Crippen molar-refractivity contribution in [1.29, 1.82) is 0 Å². The Morgan fingerprint density at radius 2 is 1.82 bits per heavy atom. The molecule has 0 aliphatic rings. The Kier molecular flexibility index (Phi) is 7.65. The molecule has 0 heterocycles. The molecule has 3 nitrogen and oxygen atoms in total. The predicted octanol–water partition coefficient (Wildman–Crippen LogP) is 1.92. The molecule has 1 unspecified atom stereocenters. The molecule has 0 aromatic rings. The Hall–Kier alpha value is -0.400. The maximum atomic E-state index is 12.6. The topological polar surface area (TPSA) is 30.5 Å². The zero-order valence-corrected chi connectivity index (χ0v) is 10.2. The predicted molar refractivity (Wildman–Crippen MR) is 55.7 cm³/mol. The van der Waals surface area contributed by atoms with Gasteiger partial charge in [0.15, 0.2) is 0 Å². The van der Waals surface area contributed by atoms with E-state index in [2.05, 4.69) is 5.32 Å². The second-order valence-corrected chi connectivity index (χ2v) is 4.01. The summed E-state index contributed by atoms with van der Waals surface area (Å²) in [5.74, 6) is -4.12. The van der Waals surface area contributed by atoms with E-state index in [1.165, 1.54) is 7.11 Å². The van der Waals surface area contributed by atoms with Crippen molar-refractivity contribution in [3.63, 3.8) is 0 Å². The first-order valence-electron chi connectivity index (χ1n) is 5.29. The fraction of sp³-hybridized carbons (Fsp3) is 1.00. The van der Waals surface area contributed by atoms with Gasteiger partial charge in [-0.25, -0.2) is 8.78 Å². The van der Waals surface area contributed by atoms with Crippen LogP contribution in [0.3, 0.4) is 0 Å². The Labute approximate surface area is 98.5 Å². The first-order valence-corrected chi connectivity index (χ1v) is 5.29. The van der Waals surface area contributed by atoms with Crippen molar-refractivity contribution in [2.75, 3.05) is 26.9 Å². The number of rotatable bonds is 9. The monoisotopic (exact) mass is 261 g/mol. The lowest BCUT2D eigenvalue weighted by atomic mass is 10.3. The van der Waals surface area contributed by atoms with Crippen LogP contribution in [0.25, 0.3) is 0 Å². The highest BCUT2D eigenvalue weighted by atomic mass is 19.3. The van der Waals surface area contributed by atoms with Gasteiger partial charge < -0.3 is 14.8 Å². The van der Waals surface area contributed by atoms with E-state index in [0.717, 1.165) is 0 Å². The summed E-state index contributed by atoms with van der Waals surface area (Å²) in [7, 11) is 1.39. The summed E-state index contributed by atoms with van der Waals surface area (Å²) < 4.78 is 58.5. The maximum absolute atomic E-state index is 12.6. The SMILES string of the molecule is COCC(CNC(C)C)OCC(F)(F)C(F)F. The van der Waals surface area contributed by atoms with Gasteiger partial charge in [0.1, 0.15) is 6.61 Å². The van der Waals surface area contributed by atoms with E-state index in [4.69, 9.17) is 9.47 Å². The zero-order chi connectivity index (χ0) is 13.5. The lowest BCUT2D eigenvalue weighted by molar-refractivity contribution is -0.179. The summed E-state index contributed by atoms with van der Waals surface area (Å²) >= 11 is 0. The van der Waals surface area contributed by atoms with Crippen molar-refractivity contribution >= 4 is 0 Å². The van der Waals surface area contributed by atoms with E-state index >= 15 is 0 Å². The molecule has 0 amide bonds. The molecule has 0 aliphatic carbocycles. The van der Waals surface area contributed by atoms with E-state index in [9.17, 15) is 17.6 Å². The molecule has 0 saturated heterocycles. The van der Waals surface area contributed by atoms with Gasteiger partial charge in [0.25, 0.3) is 0 Å². The Morgan fingerprint density at radius 3 is 2.24 bits per heavy atom. The maximum Gasteiger partial charge on any atom is 0.330 e. The van der Waals surface area contributed by atoms with E-state index < -0.39 is 25.1 Å². The molecular weight excluding hydrogens is 242 g/mol. The molecule has 0 saturated carbocycles. The normalized spacial score (nSPS) is 14.6. The molecule has 0 aromatic heterocycles. The van der Waals surface area contributed by atoms with Crippen LogP contribution in [0.4, 0.5) is 17.6 Å². The molecule has 0 aliphatic heterocycles. The molecule has 0 spiro atoms. The number of nitrogens with one attached hydrogen (secondary N) is 1. The molecule has 0 radical (unpaired) electrons. The quantitative estimate of drug-likeness (QED) is 0.643. The van der Waals surface area contributed by atoms with Gasteiger partial charge >= 0.3 is 12.3 Å². The Bertz CT molecular complexity index is 203. The molecule has 0 bridgehead atoms. The lowest BCUT2D eigenvalue weighted by Gasteiger charge is -2.22. The molecule has 17 heavy (non-hydrogen) atoms.